The van der Waals surface area contributed by atoms with Crippen LogP contribution in [0.4, 0.5) is 5.95 Å². The van der Waals surface area contributed by atoms with Gasteiger partial charge in [0.1, 0.15) is 0 Å². The first-order valence-corrected chi connectivity index (χ1v) is 5.77. The van der Waals surface area contributed by atoms with Crippen molar-refractivity contribution in [1.29, 1.82) is 0 Å². The molecule has 1 aliphatic rings. The Kier molecular flexibility index (Phi) is 3.26. The maximum absolute atomic E-state index is 5.56. The molecule has 84 valence electrons. The minimum atomic E-state index is 0.655. The number of nitrogens with zero attached hydrogens (tertiary/aromatic N) is 3. The van der Waals surface area contributed by atoms with Gasteiger partial charge >= 0.3 is 0 Å². The zero-order valence-electron chi connectivity index (χ0n) is 9.39. The van der Waals surface area contributed by atoms with Crippen molar-refractivity contribution < 1.29 is 0 Å². The molecule has 4 nitrogen and oxygen atoms in total. The van der Waals surface area contributed by atoms with Crippen LogP contribution in [0.15, 0.2) is 12.4 Å². The molecule has 0 unspecified atom stereocenters. The molecule has 0 amide bonds. The van der Waals surface area contributed by atoms with E-state index in [-0.39, 0.29) is 0 Å². The SMILES string of the molecule is CN(CCN)c1nccn1C1CCCC1. The number of aromatic nitrogens is 2. The van der Waals surface area contributed by atoms with Gasteiger partial charge < -0.3 is 15.2 Å². The van der Waals surface area contributed by atoms with E-state index in [0.29, 0.717) is 12.6 Å². The molecule has 0 bridgehead atoms. The molecular weight excluding hydrogens is 188 g/mol. The van der Waals surface area contributed by atoms with Gasteiger partial charge in [-0.15, -0.1) is 0 Å². The topological polar surface area (TPSA) is 47.1 Å². The molecule has 2 N–H and O–H groups in total. The summed E-state index contributed by atoms with van der Waals surface area (Å²) in [4.78, 5) is 6.55. The second-order valence-corrected chi connectivity index (χ2v) is 4.28. The number of anilines is 1. The largest absolute Gasteiger partial charge is 0.344 e. The molecular formula is C11H20N4. The third-order valence-corrected chi connectivity index (χ3v) is 3.17. The maximum Gasteiger partial charge on any atom is 0.205 e. The third kappa shape index (κ3) is 2.15. The van der Waals surface area contributed by atoms with Crippen molar-refractivity contribution in [3.63, 3.8) is 0 Å². The quantitative estimate of drug-likeness (QED) is 0.813. The molecule has 1 fully saturated rings. The van der Waals surface area contributed by atoms with Gasteiger partial charge in [-0.3, -0.25) is 0 Å². The molecule has 1 saturated carbocycles. The van der Waals surface area contributed by atoms with E-state index in [2.05, 4.69) is 27.7 Å². The smallest absolute Gasteiger partial charge is 0.205 e. The van der Waals surface area contributed by atoms with Crippen molar-refractivity contribution in [3.05, 3.63) is 12.4 Å². The minimum absolute atomic E-state index is 0.655. The van der Waals surface area contributed by atoms with Gasteiger partial charge in [-0.2, -0.15) is 0 Å². The van der Waals surface area contributed by atoms with Gasteiger partial charge in [0, 0.05) is 38.6 Å². The van der Waals surface area contributed by atoms with E-state index in [4.69, 9.17) is 5.73 Å². The molecule has 0 radical (unpaired) electrons. The van der Waals surface area contributed by atoms with Crippen LogP contribution in [-0.4, -0.2) is 29.7 Å². The molecule has 0 atom stereocenters. The zero-order valence-corrected chi connectivity index (χ0v) is 9.39. The first-order valence-electron chi connectivity index (χ1n) is 5.77. The summed E-state index contributed by atoms with van der Waals surface area (Å²) in [5.41, 5.74) is 5.56. The average Bonchev–Trinajstić information content (AvgIpc) is 2.88. The number of hydrogen-bond donors (Lipinski definition) is 1. The number of rotatable bonds is 4. The summed E-state index contributed by atoms with van der Waals surface area (Å²) in [7, 11) is 2.06. The van der Waals surface area contributed by atoms with Crippen molar-refractivity contribution in [2.45, 2.75) is 31.7 Å². The Morgan fingerprint density at radius 2 is 2.27 bits per heavy atom. The lowest BCUT2D eigenvalue weighted by atomic mass is 10.2. The van der Waals surface area contributed by atoms with Crippen LogP contribution < -0.4 is 10.6 Å². The van der Waals surface area contributed by atoms with Crippen LogP contribution in [0.3, 0.4) is 0 Å². The molecule has 0 aromatic carbocycles. The summed E-state index contributed by atoms with van der Waals surface area (Å²) >= 11 is 0. The van der Waals surface area contributed by atoms with Crippen LogP contribution in [0, 0.1) is 0 Å². The predicted octanol–water partition coefficient (Wildman–Crippen LogP) is 1.39. The lowest BCUT2D eigenvalue weighted by Gasteiger charge is -2.22. The highest BCUT2D eigenvalue weighted by Crippen LogP contribution is 2.32. The van der Waals surface area contributed by atoms with Crippen LogP contribution >= 0.6 is 0 Å². The molecule has 15 heavy (non-hydrogen) atoms. The van der Waals surface area contributed by atoms with Gasteiger partial charge in [0.15, 0.2) is 0 Å². The second-order valence-electron chi connectivity index (χ2n) is 4.28. The fraction of sp³-hybridized carbons (Fsp3) is 0.727. The van der Waals surface area contributed by atoms with Crippen molar-refractivity contribution in [3.8, 4) is 0 Å². The molecule has 0 spiro atoms. The van der Waals surface area contributed by atoms with Crippen LogP contribution in [0.5, 0.6) is 0 Å². The van der Waals surface area contributed by atoms with E-state index in [1.165, 1.54) is 25.7 Å². The lowest BCUT2D eigenvalue weighted by Crippen LogP contribution is -2.28. The fourth-order valence-corrected chi connectivity index (χ4v) is 2.36. The summed E-state index contributed by atoms with van der Waals surface area (Å²) in [5.74, 6) is 1.06. The van der Waals surface area contributed by atoms with E-state index in [0.717, 1.165) is 12.5 Å². The molecule has 4 heteroatoms. The normalized spacial score (nSPS) is 17.2. The van der Waals surface area contributed by atoms with E-state index < -0.39 is 0 Å². The third-order valence-electron chi connectivity index (χ3n) is 3.17. The molecule has 2 rings (SSSR count). The van der Waals surface area contributed by atoms with E-state index in [1.54, 1.807) is 0 Å². The Hall–Kier alpha value is -1.03. The summed E-state index contributed by atoms with van der Waals surface area (Å²) in [6.45, 7) is 1.54. The molecule has 1 heterocycles. The molecule has 1 aliphatic carbocycles. The standard InChI is InChI=1S/C11H20N4/c1-14(8-6-12)11-13-7-9-15(11)10-4-2-3-5-10/h7,9-10H,2-6,8,12H2,1H3. The number of hydrogen-bond acceptors (Lipinski definition) is 3. The Bertz CT molecular complexity index is 301. The summed E-state index contributed by atoms with van der Waals surface area (Å²) in [6, 6.07) is 0.655. The monoisotopic (exact) mass is 208 g/mol. The van der Waals surface area contributed by atoms with Gasteiger partial charge in [-0.25, -0.2) is 4.98 Å². The highest BCUT2D eigenvalue weighted by Gasteiger charge is 2.20. The first-order chi connectivity index (χ1) is 7.33. The van der Waals surface area contributed by atoms with Crippen LogP contribution in [-0.2, 0) is 0 Å². The van der Waals surface area contributed by atoms with E-state index >= 15 is 0 Å². The Morgan fingerprint density at radius 1 is 1.53 bits per heavy atom. The highest BCUT2D eigenvalue weighted by molar-refractivity contribution is 5.30. The maximum atomic E-state index is 5.56. The Morgan fingerprint density at radius 3 is 2.93 bits per heavy atom. The van der Waals surface area contributed by atoms with Gasteiger partial charge in [-0.05, 0) is 12.8 Å². The zero-order chi connectivity index (χ0) is 10.7. The molecule has 0 aliphatic heterocycles. The Balaban J connectivity index is 2.13. The van der Waals surface area contributed by atoms with Gasteiger partial charge in [0.2, 0.25) is 5.95 Å². The van der Waals surface area contributed by atoms with Crippen LogP contribution in [0.25, 0.3) is 0 Å². The molecule has 0 saturated heterocycles. The van der Waals surface area contributed by atoms with Gasteiger partial charge in [0.05, 0.1) is 0 Å². The fourth-order valence-electron chi connectivity index (χ4n) is 2.36. The predicted molar refractivity (Wildman–Crippen MR) is 62.1 cm³/mol. The van der Waals surface area contributed by atoms with Crippen molar-refractivity contribution >= 4 is 5.95 Å². The van der Waals surface area contributed by atoms with Crippen molar-refractivity contribution in [1.82, 2.24) is 9.55 Å². The Labute approximate surface area is 91.1 Å². The number of imidazole rings is 1. The van der Waals surface area contributed by atoms with Crippen molar-refractivity contribution in [2.24, 2.45) is 5.73 Å². The van der Waals surface area contributed by atoms with Gasteiger partial charge in [0.25, 0.3) is 0 Å². The highest BCUT2D eigenvalue weighted by atomic mass is 15.3. The second kappa shape index (κ2) is 4.66. The molecule has 1 aromatic rings. The summed E-state index contributed by atoms with van der Waals surface area (Å²) in [6.07, 6.45) is 9.27. The minimum Gasteiger partial charge on any atom is -0.344 e. The first kappa shape index (κ1) is 10.5. The summed E-state index contributed by atoms with van der Waals surface area (Å²) < 4.78 is 2.31. The van der Waals surface area contributed by atoms with E-state index in [1.807, 2.05) is 6.20 Å². The van der Waals surface area contributed by atoms with Gasteiger partial charge in [-0.1, -0.05) is 12.8 Å². The lowest BCUT2D eigenvalue weighted by molar-refractivity contribution is 0.516. The molecule has 1 aromatic heterocycles. The van der Waals surface area contributed by atoms with Crippen LogP contribution in [0.1, 0.15) is 31.7 Å². The van der Waals surface area contributed by atoms with Crippen molar-refractivity contribution in [2.75, 3.05) is 25.0 Å². The van der Waals surface area contributed by atoms with Crippen LogP contribution in [0.2, 0.25) is 0 Å². The average molecular weight is 208 g/mol. The number of likely N-dealkylation sites (N-methyl/N-ethyl adjacent to an activating group) is 1. The van der Waals surface area contributed by atoms with E-state index in [9.17, 15) is 0 Å². The summed E-state index contributed by atoms with van der Waals surface area (Å²) in [5, 5.41) is 0. The number of nitrogens with two attached hydrogens (primary N) is 1.